The maximum atomic E-state index is 11.8. The maximum absolute atomic E-state index is 11.8. The maximum Gasteiger partial charge on any atom is 0.391 e. The zero-order valence-corrected chi connectivity index (χ0v) is 10.9. The Morgan fingerprint density at radius 3 is 2.40 bits per heavy atom. The fraction of sp³-hybridized carbons (Fsp3) is 0.462. The molecule has 0 aliphatic heterocycles. The summed E-state index contributed by atoms with van der Waals surface area (Å²) in [5, 5.41) is 2.62. The van der Waals surface area contributed by atoms with E-state index in [0.717, 1.165) is 5.56 Å². The third-order valence-corrected chi connectivity index (χ3v) is 2.48. The van der Waals surface area contributed by atoms with Gasteiger partial charge in [0.25, 0.3) is 0 Å². The van der Waals surface area contributed by atoms with Gasteiger partial charge in [0.1, 0.15) is 0 Å². The molecule has 0 unspecified atom stereocenters. The average molecular weight is 290 g/mol. The van der Waals surface area contributed by atoms with Crippen molar-refractivity contribution < 1.29 is 22.7 Å². The van der Waals surface area contributed by atoms with Crippen LogP contribution in [0, 0.1) is 0 Å². The Morgan fingerprint density at radius 1 is 1.20 bits per heavy atom. The highest BCUT2D eigenvalue weighted by Gasteiger charge is 2.26. The van der Waals surface area contributed by atoms with Crippen molar-refractivity contribution in [3.05, 3.63) is 29.8 Å². The van der Waals surface area contributed by atoms with E-state index in [9.17, 15) is 18.0 Å². The second kappa shape index (κ2) is 7.86. The second-order valence-electron chi connectivity index (χ2n) is 4.18. The van der Waals surface area contributed by atoms with Crippen LogP contribution >= 0.6 is 0 Å². The molecule has 20 heavy (non-hydrogen) atoms. The van der Waals surface area contributed by atoms with E-state index in [1.165, 1.54) is 0 Å². The first-order chi connectivity index (χ1) is 9.40. The van der Waals surface area contributed by atoms with Crippen LogP contribution in [0.1, 0.15) is 18.4 Å². The third-order valence-electron chi connectivity index (χ3n) is 2.48. The molecule has 0 heterocycles. The van der Waals surface area contributed by atoms with Gasteiger partial charge in [-0.2, -0.15) is 13.2 Å². The number of carbonyl (C=O) groups excluding carboxylic acids is 1. The van der Waals surface area contributed by atoms with E-state index < -0.39 is 19.2 Å². The number of ether oxygens (including phenoxy) is 1. The molecule has 0 aliphatic carbocycles. The molecule has 7 heteroatoms. The van der Waals surface area contributed by atoms with Crippen molar-refractivity contribution >= 4 is 11.6 Å². The van der Waals surface area contributed by atoms with Gasteiger partial charge < -0.3 is 15.8 Å². The van der Waals surface area contributed by atoms with Crippen molar-refractivity contribution in [3.8, 4) is 0 Å². The molecule has 1 aromatic carbocycles. The van der Waals surface area contributed by atoms with Gasteiger partial charge in [0.2, 0.25) is 5.91 Å². The van der Waals surface area contributed by atoms with Crippen LogP contribution in [0.5, 0.6) is 0 Å². The SMILES string of the molecule is NCc1ccc(NC(=O)CCOCCC(F)(F)F)cc1. The first-order valence-corrected chi connectivity index (χ1v) is 6.14. The van der Waals surface area contributed by atoms with Crippen LogP contribution in [0.25, 0.3) is 0 Å². The van der Waals surface area contributed by atoms with Crippen LogP contribution in [-0.4, -0.2) is 25.3 Å². The van der Waals surface area contributed by atoms with Crippen molar-refractivity contribution in [1.29, 1.82) is 0 Å². The van der Waals surface area contributed by atoms with Crippen LogP contribution in [-0.2, 0) is 16.1 Å². The normalized spacial score (nSPS) is 11.4. The van der Waals surface area contributed by atoms with Crippen molar-refractivity contribution in [3.63, 3.8) is 0 Å². The molecule has 1 amide bonds. The topological polar surface area (TPSA) is 64.3 Å². The number of hydrogen-bond acceptors (Lipinski definition) is 3. The molecule has 0 aromatic heterocycles. The van der Waals surface area contributed by atoms with Crippen LogP contribution in [0.4, 0.5) is 18.9 Å². The summed E-state index contributed by atoms with van der Waals surface area (Å²) >= 11 is 0. The van der Waals surface area contributed by atoms with Crippen LogP contribution in [0.15, 0.2) is 24.3 Å². The number of nitrogens with two attached hydrogens (primary N) is 1. The van der Waals surface area contributed by atoms with Gasteiger partial charge in [0.05, 0.1) is 26.1 Å². The lowest BCUT2D eigenvalue weighted by Crippen LogP contribution is -2.16. The minimum absolute atomic E-state index is 0.0104. The fourth-order valence-corrected chi connectivity index (χ4v) is 1.40. The average Bonchev–Trinajstić information content (AvgIpc) is 2.38. The van der Waals surface area contributed by atoms with Gasteiger partial charge in [-0.1, -0.05) is 12.1 Å². The van der Waals surface area contributed by atoms with Crippen molar-refractivity contribution in [1.82, 2.24) is 0 Å². The Hall–Kier alpha value is -1.60. The summed E-state index contributed by atoms with van der Waals surface area (Å²) in [6, 6.07) is 7.00. The molecule has 0 saturated heterocycles. The van der Waals surface area contributed by atoms with Gasteiger partial charge in [-0.15, -0.1) is 0 Å². The highest BCUT2D eigenvalue weighted by Crippen LogP contribution is 2.18. The lowest BCUT2D eigenvalue weighted by Gasteiger charge is -2.08. The molecule has 1 aromatic rings. The number of nitrogens with one attached hydrogen (secondary N) is 1. The number of amides is 1. The summed E-state index contributed by atoms with van der Waals surface area (Å²) in [5.41, 5.74) is 7.00. The number of halogens is 3. The van der Waals surface area contributed by atoms with E-state index in [1.807, 2.05) is 0 Å². The molecule has 1 rings (SSSR count). The van der Waals surface area contributed by atoms with Gasteiger partial charge >= 0.3 is 6.18 Å². The summed E-state index contributed by atoms with van der Waals surface area (Å²) < 4.78 is 40.2. The number of carbonyl (C=O) groups is 1. The van der Waals surface area contributed by atoms with Gasteiger partial charge in [-0.25, -0.2) is 0 Å². The molecule has 0 radical (unpaired) electrons. The van der Waals surface area contributed by atoms with Crippen LogP contribution in [0.2, 0.25) is 0 Å². The summed E-state index contributed by atoms with van der Waals surface area (Å²) in [6.45, 7) is -0.0496. The predicted molar refractivity (Wildman–Crippen MR) is 69.1 cm³/mol. The molecule has 0 aliphatic rings. The summed E-state index contributed by atoms with van der Waals surface area (Å²) in [6.07, 6.45) is -5.22. The van der Waals surface area contributed by atoms with E-state index in [0.29, 0.717) is 12.2 Å². The molecule has 3 N–H and O–H groups in total. The van der Waals surface area contributed by atoms with Crippen LogP contribution < -0.4 is 11.1 Å². The lowest BCUT2D eigenvalue weighted by atomic mass is 10.2. The highest BCUT2D eigenvalue weighted by molar-refractivity contribution is 5.90. The van der Waals surface area contributed by atoms with Crippen molar-refractivity contribution in [2.75, 3.05) is 18.5 Å². The fourth-order valence-electron chi connectivity index (χ4n) is 1.40. The molecule has 112 valence electrons. The van der Waals surface area contributed by atoms with Crippen molar-refractivity contribution in [2.45, 2.75) is 25.6 Å². The smallest absolute Gasteiger partial charge is 0.381 e. The summed E-state index contributed by atoms with van der Waals surface area (Å²) in [5.74, 6) is -0.308. The Balaban J connectivity index is 2.19. The zero-order valence-electron chi connectivity index (χ0n) is 10.9. The lowest BCUT2D eigenvalue weighted by molar-refractivity contribution is -0.145. The Morgan fingerprint density at radius 2 is 1.85 bits per heavy atom. The summed E-state index contributed by atoms with van der Waals surface area (Å²) in [4.78, 5) is 11.5. The Labute approximate surface area is 115 Å². The Kier molecular flexibility index (Phi) is 6.47. The quantitative estimate of drug-likeness (QED) is 0.758. The van der Waals surface area contributed by atoms with E-state index in [1.54, 1.807) is 24.3 Å². The van der Waals surface area contributed by atoms with E-state index in [-0.39, 0.29) is 18.9 Å². The zero-order chi connectivity index (χ0) is 15.0. The number of anilines is 1. The van der Waals surface area contributed by atoms with Crippen LogP contribution in [0.3, 0.4) is 0 Å². The molecule has 4 nitrogen and oxygen atoms in total. The predicted octanol–water partition coefficient (Wildman–Crippen LogP) is 2.44. The van der Waals surface area contributed by atoms with E-state index >= 15 is 0 Å². The van der Waals surface area contributed by atoms with E-state index in [2.05, 4.69) is 5.32 Å². The summed E-state index contributed by atoms with van der Waals surface area (Å²) in [7, 11) is 0. The number of hydrogen-bond donors (Lipinski definition) is 2. The highest BCUT2D eigenvalue weighted by atomic mass is 19.4. The number of benzene rings is 1. The molecular formula is C13H17F3N2O2. The molecule has 0 fully saturated rings. The molecule has 0 saturated carbocycles. The first-order valence-electron chi connectivity index (χ1n) is 6.14. The van der Waals surface area contributed by atoms with E-state index in [4.69, 9.17) is 10.5 Å². The number of rotatable bonds is 7. The number of alkyl halides is 3. The first kappa shape index (κ1) is 16.5. The molecule has 0 bridgehead atoms. The molecular weight excluding hydrogens is 273 g/mol. The monoisotopic (exact) mass is 290 g/mol. The molecule has 0 atom stereocenters. The van der Waals surface area contributed by atoms with Gasteiger partial charge in [0, 0.05) is 12.2 Å². The minimum Gasteiger partial charge on any atom is -0.381 e. The third kappa shape index (κ3) is 7.10. The van der Waals surface area contributed by atoms with Gasteiger partial charge in [0.15, 0.2) is 0 Å². The van der Waals surface area contributed by atoms with Crippen molar-refractivity contribution in [2.24, 2.45) is 5.73 Å². The molecule has 0 spiro atoms. The minimum atomic E-state index is -4.23. The van der Waals surface area contributed by atoms with Gasteiger partial charge in [-0.05, 0) is 17.7 Å². The Bertz CT molecular complexity index is 419. The largest absolute Gasteiger partial charge is 0.391 e. The standard InChI is InChI=1S/C13H17F3N2O2/c14-13(15,16)6-8-20-7-5-12(19)18-11-3-1-10(9-17)2-4-11/h1-4H,5-9,17H2,(H,18,19). The second-order valence-corrected chi connectivity index (χ2v) is 4.18. The van der Waals surface area contributed by atoms with Gasteiger partial charge in [-0.3, -0.25) is 4.79 Å².